The van der Waals surface area contributed by atoms with Crippen LogP contribution in [0, 0.1) is 6.92 Å². The molecular weight excluding hydrogens is 244 g/mol. The third kappa shape index (κ3) is 3.17. The Balaban J connectivity index is 2.18. The largest absolute Gasteiger partial charge is 0.476 e. The van der Waals surface area contributed by atoms with Crippen LogP contribution < -0.4 is 10.5 Å². The van der Waals surface area contributed by atoms with E-state index < -0.39 is 0 Å². The average Bonchev–Trinajstić information content (AvgIpc) is 2.37. The van der Waals surface area contributed by atoms with E-state index in [1.807, 2.05) is 19.1 Å². The maximum atomic E-state index is 5.79. The predicted molar refractivity (Wildman–Crippen MR) is 75.1 cm³/mol. The van der Waals surface area contributed by atoms with Crippen LogP contribution in [-0.2, 0) is 0 Å². The Morgan fingerprint density at radius 1 is 1.17 bits per heavy atom. The van der Waals surface area contributed by atoms with Crippen LogP contribution in [0.5, 0.6) is 5.88 Å². The molecule has 2 N–H and O–H groups in total. The number of ether oxygens (including phenoxy) is 1. The molecule has 0 saturated heterocycles. The van der Waals surface area contributed by atoms with Gasteiger partial charge in [-0.25, -0.2) is 4.98 Å². The second-order valence-corrected chi connectivity index (χ2v) is 4.99. The molecule has 2 aromatic rings. The lowest BCUT2D eigenvalue weighted by Crippen LogP contribution is -1.99. The van der Waals surface area contributed by atoms with Gasteiger partial charge in [0.25, 0.3) is 0 Å². The van der Waals surface area contributed by atoms with Crippen molar-refractivity contribution in [2.24, 2.45) is 0 Å². The fourth-order valence-electron chi connectivity index (χ4n) is 1.47. The summed E-state index contributed by atoms with van der Waals surface area (Å²) in [6.45, 7) is 4.56. The summed E-state index contributed by atoms with van der Waals surface area (Å²) < 4.78 is 5.38. The first-order valence-corrected chi connectivity index (χ1v) is 6.64. The van der Waals surface area contributed by atoms with Gasteiger partial charge in [-0.2, -0.15) is 0 Å². The molecule has 4 heteroatoms. The van der Waals surface area contributed by atoms with E-state index in [2.05, 4.69) is 36.2 Å². The molecule has 0 bridgehead atoms. The SMILES string of the molecule is CCOc1nc(Sc2ccc(C)cc2)ccc1N. The van der Waals surface area contributed by atoms with Crippen molar-refractivity contribution in [2.75, 3.05) is 12.3 Å². The molecule has 2 rings (SSSR count). The number of nitrogens with two attached hydrogens (primary N) is 1. The number of aryl methyl sites for hydroxylation is 1. The number of nitrogens with zero attached hydrogens (tertiary/aromatic N) is 1. The predicted octanol–water partition coefficient (Wildman–Crippen LogP) is 3.52. The number of aromatic nitrogens is 1. The van der Waals surface area contributed by atoms with Crippen molar-refractivity contribution in [2.45, 2.75) is 23.8 Å². The smallest absolute Gasteiger partial charge is 0.238 e. The topological polar surface area (TPSA) is 48.1 Å². The average molecular weight is 260 g/mol. The highest BCUT2D eigenvalue weighted by Gasteiger charge is 2.05. The second-order valence-electron chi connectivity index (χ2n) is 3.89. The van der Waals surface area contributed by atoms with Crippen molar-refractivity contribution >= 4 is 17.4 Å². The van der Waals surface area contributed by atoms with Gasteiger partial charge in [-0.15, -0.1) is 0 Å². The highest BCUT2D eigenvalue weighted by atomic mass is 32.2. The van der Waals surface area contributed by atoms with Crippen molar-refractivity contribution in [3.63, 3.8) is 0 Å². The normalized spacial score (nSPS) is 10.3. The van der Waals surface area contributed by atoms with Crippen LogP contribution in [0.1, 0.15) is 12.5 Å². The van der Waals surface area contributed by atoms with Gasteiger partial charge in [0.2, 0.25) is 5.88 Å². The van der Waals surface area contributed by atoms with Gasteiger partial charge in [-0.05, 0) is 38.1 Å². The first-order chi connectivity index (χ1) is 8.69. The highest BCUT2D eigenvalue weighted by molar-refractivity contribution is 7.99. The Bertz CT molecular complexity index is 526. The van der Waals surface area contributed by atoms with E-state index >= 15 is 0 Å². The van der Waals surface area contributed by atoms with E-state index in [1.54, 1.807) is 11.8 Å². The summed E-state index contributed by atoms with van der Waals surface area (Å²) in [7, 11) is 0. The summed E-state index contributed by atoms with van der Waals surface area (Å²) in [6, 6.07) is 12.1. The lowest BCUT2D eigenvalue weighted by atomic mass is 10.2. The highest BCUT2D eigenvalue weighted by Crippen LogP contribution is 2.29. The minimum absolute atomic E-state index is 0.509. The summed E-state index contributed by atoms with van der Waals surface area (Å²) in [6.07, 6.45) is 0. The quantitative estimate of drug-likeness (QED) is 0.913. The van der Waals surface area contributed by atoms with Gasteiger partial charge in [0.15, 0.2) is 0 Å². The van der Waals surface area contributed by atoms with Crippen LogP contribution in [0.3, 0.4) is 0 Å². The van der Waals surface area contributed by atoms with E-state index in [9.17, 15) is 0 Å². The zero-order valence-electron chi connectivity index (χ0n) is 10.5. The van der Waals surface area contributed by atoms with Crippen LogP contribution in [0.4, 0.5) is 5.69 Å². The van der Waals surface area contributed by atoms with Gasteiger partial charge in [0.1, 0.15) is 5.03 Å². The second kappa shape index (κ2) is 5.78. The molecule has 0 aliphatic carbocycles. The molecule has 18 heavy (non-hydrogen) atoms. The van der Waals surface area contributed by atoms with Crippen molar-refractivity contribution < 1.29 is 4.74 Å². The summed E-state index contributed by atoms with van der Waals surface area (Å²) >= 11 is 1.60. The standard InChI is InChI=1S/C14H16N2OS/c1-3-17-14-12(15)8-9-13(16-14)18-11-6-4-10(2)5-7-11/h4-9H,3,15H2,1-2H3. The third-order valence-corrected chi connectivity index (χ3v) is 3.33. The molecule has 1 heterocycles. The van der Waals surface area contributed by atoms with Crippen molar-refractivity contribution in [1.29, 1.82) is 0 Å². The number of benzene rings is 1. The number of pyridine rings is 1. The molecular formula is C14H16N2OS. The molecule has 0 spiro atoms. The Labute approximate surface area is 111 Å². The molecule has 0 amide bonds. The van der Waals surface area contributed by atoms with E-state index in [-0.39, 0.29) is 0 Å². The molecule has 0 saturated carbocycles. The van der Waals surface area contributed by atoms with Crippen molar-refractivity contribution in [1.82, 2.24) is 4.98 Å². The van der Waals surface area contributed by atoms with Gasteiger partial charge in [-0.3, -0.25) is 0 Å². The maximum absolute atomic E-state index is 5.79. The third-order valence-electron chi connectivity index (χ3n) is 2.39. The number of hydrogen-bond acceptors (Lipinski definition) is 4. The first kappa shape index (κ1) is 12.8. The molecule has 0 unspecified atom stereocenters. The Kier molecular flexibility index (Phi) is 4.10. The molecule has 0 radical (unpaired) electrons. The van der Waals surface area contributed by atoms with Crippen LogP contribution in [0.15, 0.2) is 46.3 Å². The lowest BCUT2D eigenvalue weighted by molar-refractivity contribution is 0.326. The first-order valence-electron chi connectivity index (χ1n) is 5.83. The van der Waals surface area contributed by atoms with Crippen molar-refractivity contribution in [3.05, 3.63) is 42.0 Å². The summed E-state index contributed by atoms with van der Waals surface area (Å²) in [4.78, 5) is 5.55. The monoisotopic (exact) mass is 260 g/mol. The van der Waals surface area contributed by atoms with E-state index in [1.165, 1.54) is 5.56 Å². The molecule has 0 aliphatic rings. The van der Waals surface area contributed by atoms with E-state index in [0.29, 0.717) is 18.2 Å². The lowest BCUT2D eigenvalue weighted by Gasteiger charge is -2.07. The summed E-state index contributed by atoms with van der Waals surface area (Å²) in [5.74, 6) is 0.509. The maximum Gasteiger partial charge on any atom is 0.238 e. The number of nitrogen functional groups attached to an aromatic ring is 1. The Hall–Kier alpha value is -1.68. The van der Waals surface area contributed by atoms with Crippen LogP contribution in [-0.4, -0.2) is 11.6 Å². The zero-order valence-corrected chi connectivity index (χ0v) is 11.3. The molecule has 94 valence electrons. The minimum Gasteiger partial charge on any atom is -0.476 e. The van der Waals surface area contributed by atoms with Gasteiger partial charge in [0, 0.05) is 4.90 Å². The molecule has 0 fully saturated rings. The van der Waals surface area contributed by atoms with E-state index in [0.717, 1.165) is 9.92 Å². The van der Waals surface area contributed by atoms with Crippen molar-refractivity contribution in [3.8, 4) is 5.88 Å². The fourth-order valence-corrected chi connectivity index (χ4v) is 2.25. The molecule has 3 nitrogen and oxygen atoms in total. The fraction of sp³-hybridized carbons (Fsp3) is 0.214. The van der Waals surface area contributed by atoms with Gasteiger partial charge < -0.3 is 10.5 Å². The Morgan fingerprint density at radius 2 is 1.89 bits per heavy atom. The van der Waals surface area contributed by atoms with E-state index in [4.69, 9.17) is 10.5 Å². The number of rotatable bonds is 4. The van der Waals surface area contributed by atoms with Gasteiger partial charge in [-0.1, -0.05) is 29.5 Å². The Morgan fingerprint density at radius 3 is 2.56 bits per heavy atom. The molecule has 1 aromatic heterocycles. The van der Waals surface area contributed by atoms with Crippen LogP contribution in [0.2, 0.25) is 0 Å². The molecule has 0 atom stereocenters. The number of anilines is 1. The summed E-state index contributed by atoms with van der Waals surface area (Å²) in [5, 5.41) is 0.886. The van der Waals surface area contributed by atoms with Gasteiger partial charge >= 0.3 is 0 Å². The molecule has 1 aromatic carbocycles. The van der Waals surface area contributed by atoms with Crippen LogP contribution in [0.25, 0.3) is 0 Å². The molecule has 0 aliphatic heterocycles. The zero-order chi connectivity index (χ0) is 13.0. The van der Waals surface area contributed by atoms with Gasteiger partial charge in [0.05, 0.1) is 12.3 Å². The minimum atomic E-state index is 0.509. The van der Waals surface area contributed by atoms with Crippen LogP contribution >= 0.6 is 11.8 Å². The summed E-state index contributed by atoms with van der Waals surface area (Å²) in [5.41, 5.74) is 7.62. The number of hydrogen-bond donors (Lipinski definition) is 1.